The molecule has 0 atom stereocenters. The highest BCUT2D eigenvalue weighted by Gasteiger charge is 2.08. The van der Waals surface area contributed by atoms with Gasteiger partial charge in [-0.25, -0.2) is 23.5 Å². The van der Waals surface area contributed by atoms with Crippen molar-refractivity contribution in [3.8, 4) is 0 Å². The number of aryl methyl sites for hydroxylation is 2. The molecule has 26 heavy (non-hydrogen) atoms. The first kappa shape index (κ1) is 20.3. The summed E-state index contributed by atoms with van der Waals surface area (Å²) >= 11 is 1.71. The van der Waals surface area contributed by atoms with E-state index in [0.29, 0.717) is 12.5 Å². The quantitative estimate of drug-likeness (QED) is 0.488. The minimum absolute atomic E-state index is 0.0951. The first-order valence-corrected chi connectivity index (χ1v) is 10.7. The first-order chi connectivity index (χ1) is 12.3. The van der Waals surface area contributed by atoms with Crippen molar-refractivity contribution >= 4 is 27.3 Å². The minimum Gasteiger partial charge on any atom is -0.357 e. The Morgan fingerprint density at radius 3 is 2.69 bits per heavy atom. The van der Waals surface area contributed by atoms with Gasteiger partial charge in [0.25, 0.3) is 0 Å². The molecule has 0 amide bonds. The molecule has 0 aliphatic heterocycles. The lowest BCUT2D eigenvalue weighted by atomic mass is 10.2. The molecule has 142 valence electrons. The summed E-state index contributed by atoms with van der Waals surface area (Å²) in [4.78, 5) is 10.4. The number of rotatable bonds is 7. The van der Waals surface area contributed by atoms with E-state index in [1.807, 2.05) is 19.9 Å². The van der Waals surface area contributed by atoms with Crippen LogP contribution in [0.1, 0.15) is 28.1 Å². The van der Waals surface area contributed by atoms with E-state index in [1.54, 1.807) is 23.5 Å². The van der Waals surface area contributed by atoms with E-state index in [-0.39, 0.29) is 4.90 Å². The van der Waals surface area contributed by atoms with E-state index in [2.05, 4.69) is 27.5 Å². The Kier molecular flexibility index (Phi) is 7.13. The van der Waals surface area contributed by atoms with E-state index in [9.17, 15) is 8.42 Å². The molecule has 0 aliphatic rings. The highest BCUT2D eigenvalue weighted by Crippen LogP contribution is 2.16. The predicted molar refractivity (Wildman–Crippen MR) is 106 cm³/mol. The smallest absolute Gasteiger partial charge is 0.238 e. The van der Waals surface area contributed by atoms with Gasteiger partial charge in [0.15, 0.2) is 5.96 Å². The van der Waals surface area contributed by atoms with Crippen LogP contribution in [0, 0.1) is 13.8 Å². The lowest BCUT2D eigenvalue weighted by molar-refractivity contribution is 0.597. The molecule has 0 fully saturated rings. The number of nitrogens with one attached hydrogen (secondary N) is 2. The summed E-state index contributed by atoms with van der Waals surface area (Å²) in [5.41, 5.74) is 1.86. The second kappa shape index (κ2) is 9.11. The summed E-state index contributed by atoms with van der Waals surface area (Å²) in [5, 5.41) is 12.7. The summed E-state index contributed by atoms with van der Waals surface area (Å²) in [6.45, 7) is 7.89. The van der Waals surface area contributed by atoms with E-state index in [1.165, 1.54) is 10.9 Å². The van der Waals surface area contributed by atoms with Gasteiger partial charge in [-0.1, -0.05) is 12.1 Å². The van der Waals surface area contributed by atoms with Crippen LogP contribution in [0.4, 0.5) is 0 Å². The maximum Gasteiger partial charge on any atom is 0.238 e. The second-order valence-corrected chi connectivity index (χ2v) is 8.66. The molecule has 0 aliphatic carbocycles. The zero-order valence-corrected chi connectivity index (χ0v) is 16.9. The van der Waals surface area contributed by atoms with Gasteiger partial charge in [0.2, 0.25) is 10.0 Å². The fraction of sp³-hybridized carbons (Fsp3) is 0.412. The fourth-order valence-corrected chi connectivity index (χ4v) is 3.78. The number of nitrogens with two attached hydrogens (primary N) is 1. The maximum atomic E-state index is 11.4. The van der Waals surface area contributed by atoms with E-state index < -0.39 is 10.0 Å². The number of aliphatic imine (C=N–C) groups is 1. The monoisotopic (exact) mass is 395 g/mol. The summed E-state index contributed by atoms with van der Waals surface area (Å²) < 4.78 is 22.9. The molecule has 0 bridgehead atoms. The van der Waals surface area contributed by atoms with Crippen molar-refractivity contribution in [1.82, 2.24) is 15.6 Å². The SMILES string of the molecule is CCNC(=NCc1cccc(S(N)(=O)=O)c1)NCCc1nc(C)c(C)s1. The first-order valence-electron chi connectivity index (χ1n) is 8.36. The van der Waals surface area contributed by atoms with Crippen LogP contribution in [-0.4, -0.2) is 32.5 Å². The van der Waals surface area contributed by atoms with Gasteiger partial charge in [0.1, 0.15) is 0 Å². The van der Waals surface area contributed by atoms with Gasteiger partial charge >= 0.3 is 0 Å². The van der Waals surface area contributed by atoms with Crippen LogP contribution in [0.3, 0.4) is 0 Å². The van der Waals surface area contributed by atoms with Gasteiger partial charge in [-0.3, -0.25) is 0 Å². The zero-order valence-electron chi connectivity index (χ0n) is 15.2. The van der Waals surface area contributed by atoms with Crippen molar-refractivity contribution < 1.29 is 8.42 Å². The molecule has 1 aromatic heterocycles. The molecule has 0 unspecified atom stereocenters. The number of hydrogen-bond donors (Lipinski definition) is 3. The molecule has 7 nitrogen and oxygen atoms in total. The third-order valence-corrected chi connectivity index (χ3v) is 5.74. The summed E-state index contributed by atoms with van der Waals surface area (Å²) in [5.74, 6) is 0.679. The number of thiazole rings is 1. The predicted octanol–water partition coefficient (Wildman–Crippen LogP) is 1.71. The average molecular weight is 396 g/mol. The Bertz CT molecular complexity index is 856. The number of aromatic nitrogens is 1. The Morgan fingerprint density at radius 2 is 2.08 bits per heavy atom. The lowest BCUT2D eigenvalue weighted by Crippen LogP contribution is -2.38. The summed E-state index contributed by atoms with van der Waals surface area (Å²) in [6, 6.07) is 6.51. The summed E-state index contributed by atoms with van der Waals surface area (Å²) in [7, 11) is -3.71. The van der Waals surface area contributed by atoms with Gasteiger partial charge in [-0.15, -0.1) is 11.3 Å². The number of benzene rings is 1. The van der Waals surface area contributed by atoms with Gasteiger partial charge < -0.3 is 10.6 Å². The van der Waals surface area contributed by atoms with Gasteiger partial charge in [0.05, 0.1) is 22.1 Å². The summed E-state index contributed by atoms with van der Waals surface area (Å²) in [6.07, 6.45) is 0.824. The molecule has 9 heteroatoms. The van der Waals surface area contributed by atoms with Crippen LogP contribution in [-0.2, 0) is 23.0 Å². The fourth-order valence-electron chi connectivity index (χ4n) is 2.27. The topological polar surface area (TPSA) is 109 Å². The van der Waals surface area contributed by atoms with Gasteiger partial charge in [0, 0.05) is 24.4 Å². The molecule has 2 aromatic rings. The molecule has 2 rings (SSSR count). The van der Waals surface area contributed by atoms with Crippen molar-refractivity contribution in [3.05, 3.63) is 45.4 Å². The van der Waals surface area contributed by atoms with Gasteiger partial charge in [-0.05, 0) is 38.5 Å². The van der Waals surface area contributed by atoms with E-state index in [0.717, 1.165) is 35.8 Å². The molecule has 0 saturated heterocycles. The third kappa shape index (κ3) is 6.08. The third-order valence-electron chi connectivity index (χ3n) is 3.70. The molecule has 0 spiro atoms. The van der Waals surface area contributed by atoms with Crippen LogP contribution in [0.15, 0.2) is 34.2 Å². The zero-order chi connectivity index (χ0) is 19.2. The molecule has 1 aromatic carbocycles. The van der Waals surface area contributed by atoms with Crippen molar-refractivity contribution in [3.63, 3.8) is 0 Å². The van der Waals surface area contributed by atoms with Crippen molar-refractivity contribution in [2.45, 2.75) is 38.6 Å². The highest BCUT2D eigenvalue weighted by atomic mass is 32.2. The number of guanidine groups is 1. The van der Waals surface area contributed by atoms with Crippen LogP contribution in [0.2, 0.25) is 0 Å². The van der Waals surface area contributed by atoms with Crippen molar-refractivity contribution in [2.24, 2.45) is 10.1 Å². The average Bonchev–Trinajstić information content (AvgIpc) is 2.90. The lowest BCUT2D eigenvalue weighted by Gasteiger charge is -2.11. The minimum atomic E-state index is -3.71. The molecule has 1 heterocycles. The molecular formula is C17H25N5O2S2. The van der Waals surface area contributed by atoms with Crippen LogP contribution in [0.25, 0.3) is 0 Å². The standard InChI is InChI=1S/C17H25N5O2S2/c1-4-19-17(20-9-8-16-22-12(2)13(3)25-16)21-11-14-6-5-7-15(10-14)26(18,23)24/h5-7,10H,4,8-9,11H2,1-3H3,(H2,18,23,24)(H2,19,20,21). The van der Waals surface area contributed by atoms with E-state index in [4.69, 9.17) is 5.14 Å². The Balaban J connectivity index is 1.97. The molecule has 0 saturated carbocycles. The normalized spacial score (nSPS) is 12.2. The number of hydrogen-bond acceptors (Lipinski definition) is 5. The highest BCUT2D eigenvalue weighted by molar-refractivity contribution is 7.89. The van der Waals surface area contributed by atoms with Crippen LogP contribution in [0.5, 0.6) is 0 Å². The van der Waals surface area contributed by atoms with Gasteiger partial charge in [-0.2, -0.15) is 0 Å². The number of nitrogens with zero attached hydrogens (tertiary/aromatic N) is 2. The van der Waals surface area contributed by atoms with Crippen molar-refractivity contribution in [1.29, 1.82) is 0 Å². The molecule has 0 radical (unpaired) electrons. The van der Waals surface area contributed by atoms with E-state index >= 15 is 0 Å². The second-order valence-electron chi connectivity index (χ2n) is 5.81. The number of primary sulfonamides is 1. The Labute approximate surface area is 158 Å². The molecular weight excluding hydrogens is 370 g/mol. The Morgan fingerprint density at radius 1 is 1.31 bits per heavy atom. The largest absolute Gasteiger partial charge is 0.357 e. The Hall–Kier alpha value is -1.97. The van der Waals surface area contributed by atoms with Crippen LogP contribution < -0.4 is 15.8 Å². The molecule has 4 N–H and O–H groups in total. The number of sulfonamides is 1. The van der Waals surface area contributed by atoms with Crippen LogP contribution >= 0.6 is 11.3 Å². The van der Waals surface area contributed by atoms with Crippen molar-refractivity contribution in [2.75, 3.05) is 13.1 Å². The maximum absolute atomic E-state index is 11.4.